The molecule has 0 spiro atoms. The van der Waals surface area contributed by atoms with Crippen molar-refractivity contribution < 1.29 is 0 Å². The summed E-state index contributed by atoms with van der Waals surface area (Å²) in [5.41, 5.74) is 0. The van der Waals surface area contributed by atoms with Crippen molar-refractivity contribution in [1.82, 2.24) is 10.2 Å². The molecule has 2 nitrogen and oxygen atoms in total. The second kappa shape index (κ2) is 3.35. The summed E-state index contributed by atoms with van der Waals surface area (Å²) in [7, 11) is 0. The molecule has 0 aliphatic carbocycles. The van der Waals surface area contributed by atoms with Gasteiger partial charge in [0.05, 0.1) is 6.17 Å². The first kappa shape index (κ1) is 8.02. The van der Waals surface area contributed by atoms with Gasteiger partial charge in [0.25, 0.3) is 0 Å². The molecule has 10 heavy (non-hydrogen) atoms. The molecule has 0 amide bonds. The van der Waals surface area contributed by atoms with Gasteiger partial charge in [-0.15, -0.1) is 0 Å². The molecule has 0 saturated carbocycles. The summed E-state index contributed by atoms with van der Waals surface area (Å²) in [6.07, 6.45) is 1.87. The molecule has 1 unspecified atom stereocenters. The Hall–Kier alpha value is -0.0800. The topological polar surface area (TPSA) is 15.3 Å². The Morgan fingerprint density at radius 1 is 1.50 bits per heavy atom. The van der Waals surface area contributed by atoms with Crippen LogP contribution in [0.3, 0.4) is 0 Å². The summed E-state index contributed by atoms with van der Waals surface area (Å²) in [4.78, 5) is 2.49. The van der Waals surface area contributed by atoms with E-state index in [-0.39, 0.29) is 0 Å². The summed E-state index contributed by atoms with van der Waals surface area (Å²) in [5, 5.41) is 3.44. The van der Waals surface area contributed by atoms with Gasteiger partial charge in [-0.3, -0.25) is 4.90 Å². The normalized spacial score (nSPS) is 29.4. The third-order valence-electron chi connectivity index (χ3n) is 2.19. The molecule has 1 fully saturated rings. The molecule has 0 aromatic heterocycles. The molecular weight excluding hydrogens is 124 g/mol. The molecule has 1 saturated heterocycles. The largest absolute Gasteiger partial charge is 0.302 e. The lowest BCUT2D eigenvalue weighted by atomic mass is 10.2. The molecule has 1 aliphatic heterocycles. The fourth-order valence-corrected chi connectivity index (χ4v) is 1.59. The molecule has 1 aliphatic rings. The standard InChI is InChI=1S/C8H18N2/c1-7(2)10-6-4-5-9-8(10)3/h7-9H,4-6H2,1-3H3. The van der Waals surface area contributed by atoms with Crippen LogP contribution >= 0.6 is 0 Å². The highest BCUT2D eigenvalue weighted by Crippen LogP contribution is 2.07. The Balaban J connectivity index is 2.40. The molecule has 60 valence electrons. The highest BCUT2D eigenvalue weighted by atomic mass is 15.3. The number of nitrogens with one attached hydrogen (secondary N) is 1. The van der Waals surface area contributed by atoms with Gasteiger partial charge in [0, 0.05) is 12.6 Å². The number of hydrogen-bond donors (Lipinski definition) is 1. The van der Waals surface area contributed by atoms with Crippen molar-refractivity contribution >= 4 is 0 Å². The van der Waals surface area contributed by atoms with E-state index in [1.807, 2.05) is 0 Å². The van der Waals surface area contributed by atoms with E-state index in [1.54, 1.807) is 0 Å². The average molecular weight is 142 g/mol. The Labute approximate surface area is 63.6 Å². The van der Waals surface area contributed by atoms with Gasteiger partial charge in [-0.25, -0.2) is 0 Å². The van der Waals surface area contributed by atoms with Crippen LogP contribution in [-0.2, 0) is 0 Å². The second-order valence-corrected chi connectivity index (χ2v) is 3.32. The van der Waals surface area contributed by atoms with Crippen molar-refractivity contribution in [2.24, 2.45) is 0 Å². The van der Waals surface area contributed by atoms with Gasteiger partial charge in [-0.2, -0.15) is 0 Å². The molecule has 1 atom stereocenters. The first-order valence-electron chi connectivity index (χ1n) is 4.21. The summed E-state index contributed by atoms with van der Waals surface area (Å²) in [6.45, 7) is 9.18. The quantitative estimate of drug-likeness (QED) is 0.588. The van der Waals surface area contributed by atoms with Crippen molar-refractivity contribution in [3.8, 4) is 0 Å². The van der Waals surface area contributed by atoms with Crippen LogP contribution in [0.25, 0.3) is 0 Å². The van der Waals surface area contributed by atoms with Crippen LogP contribution in [0.1, 0.15) is 27.2 Å². The Morgan fingerprint density at radius 3 is 2.60 bits per heavy atom. The Kier molecular flexibility index (Phi) is 2.69. The van der Waals surface area contributed by atoms with Crippen molar-refractivity contribution in [3.05, 3.63) is 0 Å². The monoisotopic (exact) mass is 142 g/mol. The fourth-order valence-electron chi connectivity index (χ4n) is 1.59. The van der Waals surface area contributed by atoms with Crippen LogP contribution in [0, 0.1) is 0 Å². The van der Waals surface area contributed by atoms with Gasteiger partial charge in [0.1, 0.15) is 0 Å². The van der Waals surface area contributed by atoms with Crippen LogP contribution in [0.5, 0.6) is 0 Å². The van der Waals surface area contributed by atoms with Gasteiger partial charge in [0.15, 0.2) is 0 Å². The number of rotatable bonds is 1. The van der Waals surface area contributed by atoms with Gasteiger partial charge >= 0.3 is 0 Å². The first-order chi connectivity index (χ1) is 4.72. The highest BCUT2D eigenvalue weighted by Gasteiger charge is 2.18. The predicted molar refractivity (Wildman–Crippen MR) is 43.9 cm³/mol. The van der Waals surface area contributed by atoms with Gasteiger partial charge in [0.2, 0.25) is 0 Å². The van der Waals surface area contributed by atoms with Crippen molar-refractivity contribution in [1.29, 1.82) is 0 Å². The Bertz CT molecular complexity index is 101. The van der Waals surface area contributed by atoms with E-state index in [9.17, 15) is 0 Å². The molecule has 1 rings (SSSR count). The lowest BCUT2D eigenvalue weighted by Gasteiger charge is -2.37. The maximum absolute atomic E-state index is 3.44. The molecule has 2 heteroatoms. The third kappa shape index (κ3) is 1.70. The summed E-state index contributed by atoms with van der Waals surface area (Å²) in [5.74, 6) is 0. The van der Waals surface area contributed by atoms with E-state index in [2.05, 4.69) is 31.0 Å². The van der Waals surface area contributed by atoms with E-state index >= 15 is 0 Å². The van der Waals surface area contributed by atoms with Crippen molar-refractivity contribution in [2.45, 2.75) is 39.4 Å². The molecule has 1 heterocycles. The second-order valence-electron chi connectivity index (χ2n) is 3.32. The summed E-state index contributed by atoms with van der Waals surface area (Å²) in [6, 6.07) is 0.683. The van der Waals surface area contributed by atoms with Crippen LogP contribution in [0.4, 0.5) is 0 Å². The van der Waals surface area contributed by atoms with E-state index in [0.717, 1.165) is 0 Å². The van der Waals surface area contributed by atoms with Gasteiger partial charge in [-0.1, -0.05) is 0 Å². The SMILES string of the molecule is CC(C)N1CCCNC1C. The van der Waals surface area contributed by atoms with E-state index in [0.29, 0.717) is 12.2 Å². The van der Waals surface area contributed by atoms with Crippen LogP contribution in [-0.4, -0.2) is 30.2 Å². The zero-order valence-corrected chi connectivity index (χ0v) is 7.22. The predicted octanol–water partition coefficient (Wildman–Crippen LogP) is 1.04. The minimum Gasteiger partial charge on any atom is -0.302 e. The summed E-state index contributed by atoms with van der Waals surface area (Å²) < 4.78 is 0. The average Bonchev–Trinajstić information content (AvgIpc) is 1.88. The van der Waals surface area contributed by atoms with Crippen molar-refractivity contribution in [2.75, 3.05) is 13.1 Å². The number of hydrogen-bond acceptors (Lipinski definition) is 2. The van der Waals surface area contributed by atoms with Gasteiger partial charge < -0.3 is 5.32 Å². The highest BCUT2D eigenvalue weighted by molar-refractivity contribution is 4.73. The van der Waals surface area contributed by atoms with Crippen LogP contribution in [0.15, 0.2) is 0 Å². The van der Waals surface area contributed by atoms with E-state index < -0.39 is 0 Å². The smallest absolute Gasteiger partial charge is 0.0570 e. The fraction of sp³-hybridized carbons (Fsp3) is 1.00. The van der Waals surface area contributed by atoms with Gasteiger partial charge in [-0.05, 0) is 33.7 Å². The zero-order valence-electron chi connectivity index (χ0n) is 7.22. The molecule has 0 bridgehead atoms. The minimum absolute atomic E-state index is 0.578. The first-order valence-corrected chi connectivity index (χ1v) is 4.21. The lowest BCUT2D eigenvalue weighted by molar-refractivity contribution is 0.109. The maximum atomic E-state index is 3.44. The molecule has 0 aromatic carbocycles. The lowest BCUT2D eigenvalue weighted by Crippen LogP contribution is -2.52. The molecule has 0 aromatic rings. The van der Waals surface area contributed by atoms with E-state index in [4.69, 9.17) is 0 Å². The van der Waals surface area contributed by atoms with E-state index in [1.165, 1.54) is 19.5 Å². The minimum atomic E-state index is 0.578. The maximum Gasteiger partial charge on any atom is 0.0570 e. The van der Waals surface area contributed by atoms with Crippen molar-refractivity contribution in [3.63, 3.8) is 0 Å². The molecular formula is C8H18N2. The zero-order chi connectivity index (χ0) is 7.56. The molecule has 1 N–H and O–H groups in total. The van der Waals surface area contributed by atoms with Crippen LogP contribution in [0.2, 0.25) is 0 Å². The number of nitrogens with zero attached hydrogens (tertiary/aromatic N) is 1. The summed E-state index contributed by atoms with van der Waals surface area (Å²) >= 11 is 0. The third-order valence-corrected chi connectivity index (χ3v) is 2.19. The Morgan fingerprint density at radius 2 is 2.20 bits per heavy atom. The van der Waals surface area contributed by atoms with Crippen LogP contribution < -0.4 is 5.32 Å². The molecule has 0 radical (unpaired) electrons.